The van der Waals surface area contributed by atoms with Gasteiger partial charge in [-0.1, -0.05) is 18.2 Å². The van der Waals surface area contributed by atoms with E-state index >= 15 is 0 Å². The monoisotopic (exact) mass is 298 g/mol. The van der Waals surface area contributed by atoms with Gasteiger partial charge in [-0.25, -0.2) is 4.79 Å². The first-order chi connectivity index (χ1) is 10.6. The molecule has 7 heteroatoms. The summed E-state index contributed by atoms with van der Waals surface area (Å²) in [6.07, 6.45) is 0.831. The molecular weight excluding hydrogens is 284 g/mol. The van der Waals surface area contributed by atoms with Crippen LogP contribution in [0.2, 0.25) is 0 Å². The normalized spacial score (nSPS) is 17.5. The van der Waals surface area contributed by atoms with Crippen molar-refractivity contribution in [2.45, 2.75) is 12.5 Å². The third-order valence-corrected chi connectivity index (χ3v) is 4.11. The molecule has 0 fully saturated rings. The van der Waals surface area contributed by atoms with E-state index in [1.165, 1.54) is 0 Å². The van der Waals surface area contributed by atoms with Crippen LogP contribution >= 0.6 is 0 Å². The van der Waals surface area contributed by atoms with Gasteiger partial charge in [0, 0.05) is 23.1 Å². The van der Waals surface area contributed by atoms with Crippen molar-refractivity contribution in [1.82, 2.24) is 20.3 Å². The molecule has 1 aliphatic heterocycles. The fraction of sp³-hybridized carbons (Fsp3) is 0.200. The molecule has 0 saturated carbocycles. The number of hydrogen-bond donors (Lipinski definition) is 5. The van der Waals surface area contributed by atoms with E-state index in [1.54, 1.807) is 0 Å². The molecule has 3 heterocycles. The molecule has 2 aromatic heterocycles. The number of para-hydroxylation sites is 1. The van der Waals surface area contributed by atoms with E-state index in [4.69, 9.17) is 0 Å². The molecule has 1 atom stereocenters. The number of fused-ring (bicyclic) bond motifs is 3. The van der Waals surface area contributed by atoms with Crippen LogP contribution in [0.25, 0.3) is 10.9 Å². The maximum Gasteiger partial charge on any atom is 0.328 e. The van der Waals surface area contributed by atoms with E-state index in [9.17, 15) is 14.7 Å². The minimum atomic E-state index is -0.723. The van der Waals surface area contributed by atoms with Crippen LogP contribution in [0.15, 0.2) is 33.9 Å². The van der Waals surface area contributed by atoms with E-state index < -0.39 is 23.2 Å². The summed E-state index contributed by atoms with van der Waals surface area (Å²) >= 11 is 0. The Morgan fingerprint density at radius 2 is 1.91 bits per heavy atom. The number of rotatable bonds is 1. The zero-order valence-corrected chi connectivity index (χ0v) is 11.6. The van der Waals surface area contributed by atoms with Crippen LogP contribution in [0.4, 0.5) is 0 Å². The lowest BCUT2D eigenvalue weighted by molar-refractivity contribution is 0.425. The number of H-pyrrole nitrogens is 3. The van der Waals surface area contributed by atoms with Crippen molar-refractivity contribution in [1.29, 1.82) is 0 Å². The van der Waals surface area contributed by atoms with Crippen LogP contribution in [0.1, 0.15) is 22.9 Å². The third-order valence-electron chi connectivity index (χ3n) is 4.11. The maximum absolute atomic E-state index is 12.1. The Balaban J connectivity index is 1.97. The predicted molar refractivity (Wildman–Crippen MR) is 81.2 cm³/mol. The molecule has 1 aromatic carbocycles. The van der Waals surface area contributed by atoms with E-state index in [-0.39, 0.29) is 5.56 Å². The van der Waals surface area contributed by atoms with Crippen LogP contribution in [0.3, 0.4) is 0 Å². The smallest absolute Gasteiger partial charge is 0.328 e. The first kappa shape index (κ1) is 12.9. The molecule has 3 aromatic rings. The number of aromatic amines is 3. The first-order valence-corrected chi connectivity index (χ1v) is 7.03. The lowest BCUT2D eigenvalue weighted by Crippen LogP contribution is -2.36. The molecule has 22 heavy (non-hydrogen) atoms. The van der Waals surface area contributed by atoms with E-state index in [1.807, 2.05) is 24.3 Å². The number of nitrogens with one attached hydrogen (secondary N) is 4. The van der Waals surface area contributed by atoms with Crippen LogP contribution in [0.5, 0.6) is 5.88 Å². The second-order valence-electron chi connectivity index (χ2n) is 5.37. The zero-order valence-electron chi connectivity index (χ0n) is 11.6. The van der Waals surface area contributed by atoms with Crippen molar-refractivity contribution in [3.63, 3.8) is 0 Å². The van der Waals surface area contributed by atoms with Gasteiger partial charge >= 0.3 is 5.69 Å². The summed E-state index contributed by atoms with van der Waals surface area (Å²) < 4.78 is 0. The van der Waals surface area contributed by atoms with Crippen molar-refractivity contribution in [3.05, 3.63) is 61.9 Å². The van der Waals surface area contributed by atoms with Gasteiger partial charge < -0.3 is 15.4 Å². The minimum absolute atomic E-state index is 0.118. The molecule has 1 aliphatic rings. The van der Waals surface area contributed by atoms with Gasteiger partial charge in [0.25, 0.3) is 5.56 Å². The van der Waals surface area contributed by atoms with Gasteiger partial charge in [0.05, 0.1) is 6.04 Å². The van der Waals surface area contributed by atoms with Gasteiger partial charge in [-0.15, -0.1) is 0 Å². The van der Waals surface area contributed by atoms with Crippen molar-refractivity contribution in [2.24, 2.45) is 0 Å². The van der Waals surface area contributed by atoms with Gasteiger partial charge in [-0.2, -0.15) is 0 Å². The quantitative estimate of drug-likeness (QED) is 0.450. The summed E-state index contributed by atoms with van der Waals surface area (Å²) in [6.45, 7) is 0.678. The Morgan fingerprint density at radius 1 is 1.09 bits per heavy atom. The first-order valence-electron chi connectivity index (χ1n) is 7.03. The molecule has 1 unspecified atom stereocenters. The van der Waals surface area contributed by atoms with Crippen molar-refractivity contribution in [2.75, 3.05) is 6.54 Å². The summed E-state index contributed by atoms with van der Waals surface area (Å²) in [6, 6.07) is 7.43. The molecule has 0 spiro atoms. The van der Waals surface area contributed by atoms with Gasteiger partial charge in [-0.3, -0.25) is 14.8 Å². The molecule has 5 N–H and O–H groups in total. The molecule has 112 valence electrons. The standard InChI is InChI=1S/C15H14N4O3/c20-13-10(14(21)19-15(22)18-13)12-11-8(5-6-16-12)7-3-1-2-4-9(7)17-11/h1-4,12,16-17H,5-6H2,(H3,18,19,20,21,22). The zero-order chi connectivity index (χ0) is 15.3. The molecule has 4 rings (SSSR count). The second kappa shape index (κ2) is 4.60. The van der Waals surface area contributed by atoms with Gasteiger partial charge in [0.15, 0.2) is 0 Å². The number of aromatic nitrogens is 3. The highest BCUT2D eigenvalue weighted by Crippen LogP contribution is 2.33. The number of hydrogen-bond acceptors (Lipinski definition) is 4. The molecule has 0 bridgehead atoms. The molecule has 0 radical (unpaired) electrons. The van der Waals surface area contributed by atoms with E-state index in [0.29, 0.717) is 6.54 Å². The SMILES string of the molecule is O=c1[nH]c(O)c(C2NCCc3c2[nH]c2ccccc32)c(=O)[nH]1. The highest BCUT2D eigenvalue weighted by Gasteiger charge is 2.29. The summed E-state index contributed by atoms with van der Waals surface area (Å²) in [5.41, 5.74) is 1.77. The summed E-state index contributed by atoms with van der Waals surface area (Å²) in [5, 5.41) is 14.3. The Bertz CT molecular complexity index is 982. The third kappa shape index (κ3) is 1.79. The topological polar surface area (TPSA) is 114 Å². The summed E-state index contributed by atoms with van der Waals surface area (Å²) in [4.78, 5) is 31.0. The number of benzene rings is 1. The van der Waals surface area contributed by atoms with Crippen LogP contribution < -0.4 is 16.6 Å². The largest absolute Gasteiger partial charge is 0.494 e. The van der Waals surface area contributed by atoms with Crippen LogP contribution in [-0.4, -0.2) is 26.6 Å². The molecule has 0 amide bonds. The Labute approximate surface area is 124 Å². The van der Waals surface area contributed by atoms with Crippen molar-refractivity contribution < 1.29 is 5.11 Å². The molecule has 7 nitrogen and oxygen atoms in total. The fourth-order valence-electron chi connectivity index (χ4n) is 3.18. The van der Waals surface area contributed by atoms with Crippen molar-refractivity contribution >= 4 is 10.9 Å². The van der Waals surface area contributed by atoms with E-state index in [2.05, 4.69) is 20.3 Å². The van der Waals surface area contributed by atoms with E-state index in [0.717, 1.165) is 28.6 Å². The van der Waals surface area contributed by atoms with Crippen molar-refractivity contribution in [3.8, 4) is 5.88 Å². The molecule has 0 aliphatic carbocycles. The summed E-state index contributed by atoms with van der Waals surface area (Å²) in [5.74, 6) is -0.405. The van der Waals surface area contributed by atoms with Gasteiger partial charge in [0.1, 0.15) is 5.56 Å². The second-order valence-corrected chi connectivity index (χ2v) is 5.37. The van der Waals surface area contributed by atoms with Crippen LogP contribution in [-0.2, 0) is 6.42 Å². The molecular formula is C15H14N4O3. The Hall–Kier alpha value is -2.80. The van der Waals surface area contributed by atoms with Crippen LogP contribution in [0, 0.1) is 0 Å². The molecule has 0 saturated heterocycles. The predicted octanol–water partition coefficient (Wildman–Crippen LogP) is 0.485. The fourth-order valence-corrected chi connectivity index (χ4v) is 3.18. The Kier molecular flexibility index (Phi) is 2.70. The highest BCUT2D eigenvalue weighted by atomic mass is 16.3. The Morgan fingerprint density at radius 3 is 2.73 bits per heavy atom. The lowest BCUT2D eigenvalue weighted by Gasteiger charge is -2.24. The average Bonchev–Trinajstić information content (AvgIpc) is 2.86. The maximum atomic E-state index is 12.1. The lowest BCUT2D eigenvalue weighted by atomic mass is 9.95. The summed E-state index contributed by atoms with van der Waals surface area (Å²) in [7, 11) is 0. The average molecular weight is 298 g/mol. The van der Waals surface area contributed by atoms with Gasteiger partial charge in [-0.05, 0) is 18.1 Å². The highest BCUT2D eigenvalue weighted by molar-refractivity contribution is 5.85. The number of aromatic hydroxyl groups is 1. The van der Waals surface area contributed by atoms with Gasteiger partial charge in [0.2, 0.25) is 5.88 Å². The minimum Gasteiger partial charge on any atom is -0.494 e.